The van der Waals surface area contributed by atoms with Crippen LogP contribution in [0.3, 0.4) is 0 Å². The summed E-state index contributed by atoms with van der Waals surface area (Å²) in [6, 6.07) is -0.544. The molecule has 1 amide bonds. The molecule has 0 aromatic carbocycles. The highest BCUT2D eigenvalue weighted by Crippen LogP contribution is 2.20. The molecule has 0 aliphatic carbocycles. The first-order valence-electron chi connectivity index (χ1n) is 40.6. The van der Waals surface area contributed by atoms with E-state index in [1.165, 1.54) is 385 Å². The predicted octanol–water partition coefficient (Wildman–Crippen LogP) is 26.8. The minimum absolute atomic E-state index is 0.0172. The Kier molecular flexibility index (Phi) is 76.3. The first kappa shape index (κ1) is 86.3. The molecule has 2 unspecified atom stereocenters. The van der Waals surface area contributed by atoms with Crippen molar-refractivity contribution in [2.75, 3.05) is 13.2 Å². The normalized spacial score (nSPS) is 12.5. The number of unbranched alkanes of at least 4 members (excludes halogenated alkanes) is 62. The summed E-state index contributed by atoms with van der Waals surface area (Å²) < 4.78 is 5.51. The van der Waals surface area contributed by atoms with Crippen LogP contribution < -0.4 is 5.32 Å². The molecule has 0 aliphatic heterocycles. The van der Waals surface area contributed by atoms with Crippen LogP contribution in [0.2, 0.25) is 0 Å². The van der Waals surface area contributed by atoms with Gasteiger partial charge in [0.15, 0.2) is 0 Å². The summed E-state index contributed by atoms with van der Waals surface area (Å²) in [4.78, 5) is 24.7. The molecule has 0 heterocycles. The minimum Gasteiger partial charge on any atom is -0.466 e. The van der Waals surface area contributed by atoms with Crippen LogP contribution in [0.25, 0.3) is 0 Å². The van der Waals surface area contributed by atoms with Gasteiger partial charge in [-0.2, -0.15) is 0 Å². The number of carbonyl (C=O) groups excluding carboxylic acids is 2. The molecule has 2 atom stereocenters. The molecule has 88 heavy (non-hydrogen) atoms. The monoisotopic (exact) mass is 1240 g/mol. The Bertz CT molecular complexity index is 1380. The van der Waals surface area contributed by atoms with Crippen molar-refractivity contribution in [2.24, 2.45) is 0 Å². The average molecular weight is 1240 g/mol. The van der Waals surface area contributed by atoms with Crippen molar-refractivity contribution in [1.82, 2.24) is 5.32 Å². The Labute approximate surface area is 551 Å². The summed E-state index contributed by atoms with van der Waals surface area (Å²) in [6.45, 7) is 5.01. The molecule has 0 fully saturated rings. The fraction of sp³-hybridized carbons (Fsp3) is 0.927. The first-order chi connectivity index (χ1) is 43.5. The Morgan fingerprint density at radius 1 is 0.318 bits per heavy atom. The Morgan fingerprint density at radius 3 is 0.864 bits per heavy atom. The van der Waals surface area contributed by atoms with Gasteiger partial charge in [0.25, 0.3) is 0 Å². The fourth-order valence-electron chi connectivity index (χ4n) is 13.1. The Morgan fingerprint density at radius 2 is 0.568 bits per heavy atom. The standard InChI is InChI=1S/C82H159NO5/c1-3-5-7-9-11-13-15-17-19-21-22-23-24-30-33-36-39-43-46-50-54-58-62-66-70-74-80(85)79(78-84)83-81(86)75-71-67-63-59-55-51-47-44-40-37-34-31-28-26-25-27-29-32-35-38-41-45-49-53-57-61-65-69-73-77-88-82(87)76-72-68-64-60-56-52-48-42-20-18-16-14-12-10-8-6-4-2/h25,27,32,35,79-80,84-85H,3-24,26,28-31,33-34,36-78H2,1-2H3,(H,83,86)/b27-25-,35-32-. The number of aliphatic hydroxyl groups excluding tert-OH is 2. The molecule has 522 valence electrons. The van der Waals surface area contributed by atoms with E-state index in [9.17, 15) is 19.8 Å². The molecule has 0 aromatic heterocycles. The van der Waals surface area contributed by atoms with Gasteiger partial charge in [-0.1, -0.05) is 417 Å². The molecule has 0 saturated heterocycles. The van der Waals surface area contributed by atoms with Crippen LogP contribution in [0.5, 0.6) is 0 Å². The van der Waals surface area contributed by atoms with Gasteiger partial charge in [0.2, 0.25) is 5.91 Å². The van der Waals surface area contributed by atoms with Gasteiger partial charge in [0.1, 0.15) is 0 Å². The van der Waals surface area contributed by atoms with Crippen molar-refractivity contribution in [3.05, 3.63) is 24.3 Å². The molecule has 6 heteroatoms. The number of ether oxygens (including phenoxy) is 1. The molecule has 0 aromatic rings. The summed E-state index contributed by atoms with van der Waals surface area (Å²) >= 11 is 0. The maximum atomic E-state index is 12.6. The second-order valence-corrected chi connectivity index (χ2v) is 28.1. The number of esters is 1. The largest absolute Gasteiger partial charge is 0.466 e. The molecule has 0 bridgehead atoms. The quantitative estimate of drug-likeness (QED) is 0.0320. The molecule has 3 N–H and O–H groups in total. The first-order valence-corrected chi connectivity index (χ1v) is 40.6. The smallest absolute Gasteiger partial charge is 0.305 e. The summed E-state index contributed by atoms with van der Waals surface area (Å²) in [5, 5.41) is 23.5. The van der Waals surface area contributed by atoms with E-state index in [0.29, 0.717) is 25.9 Å². The maximum absolute atomic E-state index is 12.6. The van der Waals surface area contributed by atoms with Crippen LogP contribution in [0, 0.1) is 0 Å². The number of aliphatic hydroxyl groups is 2. The van der Waals surface area contributed by atoms with Gasteiger partial charge in [-0.25, -0.2) is 0 Å². The number of amides is 1. The van der Waals surface area contributed by atoms with Crippen LogP contribution in [0.15, 0.2) is 24.3 Å². The number of nitrogens with one attached hydrogen (secondary N) is 1. The van der Waals surface area contributed by atoms with Gasteiger partial charge >= 0.3 is 5.97 Å². The number of hydrogen-bond donors (Lipinski definition) is 3. The highest BCUT2D eigenvalue weighted by atomic mass is 16.5. The summed E-state index contributed by atoms with van der Waals surface area (Å²) in [5.74, 6) is -0.0129. The van der Waals surface area contributed by atoms with Gasteiger partial charge in [0.05, 0.1) is 25.4 Å². The number of hydrogen-bond acceptors (Lipinski definition) is 5. The van der Waals surface area contributed by atoms with Gasteiger partial charge in [-0.05, 0) is 57.8 Å². The van der Waals surface area contributed by atoms with E-state index >= 15 is 0 Å². The van der Waals surface area contributed by atoms with Gasteiger partial charge in [0, 0.05) is 12.8 Å². The highest BCUT2D eigenvalue weighted by Gasteiger charge is 2.20. The van der Waals surface area contributed by atoms with Gasteiger partial charge in [-0.15, -0.1) is 0 Å². The van der Waals surface area contributed by atoms with Gasteiger partial charge < -0.3 is 20.3 Å². The highest BCUT2D eigenvalue weighted by molar-refractivity contribution is 5.76. The lowest BCUT2D eigenvalue weighted by molar-refractivity contribution is -0.143. The van der Waals surface area contributed by atoms with E-state index in [4.69, 9.17) is 4.74 Å². The van der Waals surface area contributed by atoms with Crippen LogP contribution in [-0.2, 0) is 14.3 Å². The Balaban J connectivity index is 3.39. The van der Waals surface area contributed by atoms with Crippen LogP contribution in [0.1, 0.15) is 463 Å². The molecule has 0 aliphatic rings. The number of allylic oxidation sites excluding steroid dienone is 4. The van der Waals surface area contributed by atoms with Crippen LogP contribution in [-0.4, -0.2) is 47.4 Å². The second kappa shape index (κ2) is 77.8. The topological polar surface area (TPSA) is 95.9 Å². The third-order valence-corrected chi connectivity index (χ3v) is 19.3. The van der Waals surface area contributed by atoms with Crippen molar-refractivity contribution in [3.63, 3.8) is 0 Å². The van der Waals surface area contributed by atoms with Gasteiger partial charge in [-0.3, -0.25) is 9.59 Å². The second-order valence-electron chi connectivity index (χ2n) is 28.1. The third kappa shape index (κ3) is 73.4. The number of carbonyl (C=O) groups is 2. The van der Waals surface area contributed by atoms with Crippen LogP contribution in [0.4, 0.5) is 0 Å². The van der Waals surface area contributed by atoms with Crippen molar-refractivity contribution < 1.29 is 24.5 Å². The SMILES string of the molecule is CCCCCCCCCCCCCCCCCCCCCCCCCCCC(O)C(CO)NC(=O)CCCCCCCCCCCCCCC/C=C\C/C=C\CCCCCCCCCCCOC(=O)CCCCCCCCCCCCCCCCCCC. The van der Waals surface area contributed by atoms with E-state index in [-0.39, 0.29) is 18.5 Å². The summed E-state index contributed by atoms with van der Waals surface area (Å²) in [7, 11) is 0. The van der Waals surface area contributed by atoms with Crippen molar-refractivity contribution in [1.29, 1.82) is 0 Å². The summed E-state index contributed by atoms with van der Waals surface area (Å²) in [6.07, 6.45) is 99.9. The van der Waals surface area contributed by atoms with E-state index in [1.807, 2.05) is 0 Å². The predicted molar refractivity (Wildman–Crippen MR) is 389 cm³/mol. The average Bonchev–Trinajstić information content (AvgIpc) is 3.58. The molecule has 0 spiro atoms. The van der Waals surface area contributed by atoms with Crippen LogP contribution >= 0.6 is 0 Å². The minimum atomic E-state index is -0.667. The van der Waals surface area contributed by atoms with E-state index in [0.717, 1.165) is 44.9 Å². The lowest BCUT2D eigenvalue weighted by atomic mass is 10.0. The zero-order valence-corrected chi connectivity index (χ0v) is 60.0. The molecular formula is C82H159NO5. The van der Waals surface area contributed by atoms with E-state index < -0.39 is 12.1 Å². The molecule has 0 rings (SSSR count). The fourth-order valence-corrected chi connectivity index (χ4v) is 13.1. The summed E-state index contributed by atoms with van der Waals surface area (Å²) in [5.41, 5.74) is 0. The lowest BCUT2D eigenvalue weighted by Crippen LogP contribution is -2.45. The number of rotatable bonds is 77. The lowest BCUT2D eigenvalue weighted by Gasteiger charge is -2.22. The maximum Gasteiger partial charge on any atom is 0.305 e. The molecule has 0 radical (unpaired) electrons. The zero-order valence-electron chi connectivity index (χ0n) is 60.0. The third-order valence-electron chi connectivity index (χ3n) is 19.3. The molecule has 0 saturated carbocycles. The zero-order chi connectivity index (χ0) is 63.5. The Hall–Kier alpha value is -1.66. The molecule has 6 nitrogen and oxygen atoms in total. The molecular weight excluding hydrogens is 1080 g/mol. The van der Waals surface area contributed by atoms with Crippen molar-refractivity contribution in [2.45, 2.75) is 475 Å². The van der Waals surface area contributed by atoms with Crippen molar-refractivity contribution >= 4 is 11.9 Å². The van der Waals surface area contributed by atoms with E-state index in [2.05, 4.69) is 43.5 Å². The van der Waals surface area contributed by atoms with Crippen molar-refractivity contribution in [3.8, 4) is 0 Å². The van der Waals surface area contributed by atoms with E-state index in [1.54, 1.807) is 0 Å².